The number of carbonyl (C=O) groups is 2. The van der Waals surface area contributed by atoms with Gasteiger partial charge in [-0.1, -0.05) is 12.8 Å². The summed E-state index contributed by atoms with van der Waals surface area (Å²) in [4.78, 5) is 22.0. The minimum atomic E-state index is -0.298. The molecule has 0 unspecified atom stereocenters. The number of ether oxygens (including phenoxy) is 2. The van der Waals surface area contributed by atoms with Crippen LogP contribution in [0, 0.1) is 11.8 Å². The highest BCUT2D eigenvalue weighted by atomic mass is 16.5. The van der Waals surface area contributed by atoms with Gasteiger partial charge in [-0.2, -0.15) is 0 Å². The zero-order valence-corrected chi connectivity index (χ0v) is 13.5. The van der Waals surface area contributed by atoms with Gasteiger partial charge in [0.05, 0.1) is 38.3 Å². The lowest BCUT2D eigenvalue weighted by atomic mass is 9.87. The van der Waals surface area contributed by atoms with Crippen LogP contribution in [0.15, 0.2) is 0 Å². The van der Waals surface area contributed by atoms with Crippen molar-refractivity contribution in [1.29, 1.82) is 0 Å². The van der Waals surface area contributed by atoms with E-state index >= 15 is 0 Å². The van der Waals surface area contributed by atoms with Crippen LogP contribution in [0.1, 0.15) is 51.4 Å². The lowest BCUT2D eigenvalue weighted by molar-refractivity contribution is -0.148. The van der Waals surface area contributed by atoms with Crippen LogP contribution in [0.2, 0.25) is 0 Å². The van der Waals surface area contributed by atoms with Crippen LogP contribution in [-0.2, 0) is 19.1 Å². The van der Waals surface area contributed by atoms with Crippen molar-refractivity contribution in [1.82, 2.24) is 0 Å². The fourth-order valence-electron chi connectivity index (χ4n) is 3.09. The number of carbonyl (C=O) groups excluding carboxylic acids is 2. The molecule has 6 nitrogen and oxygen atoms in total. The molecule has 2 N–H and O–H groups in total. The van der Waals surface area contributed by atoms with Gasteiger partial charge in [-0.15, -0.1) is 0 Å². The van der Waals surface area contributed by atoms with Gasteiger partial charge in [0.2, 0.25) is 0 Å². The van der Waals surface area contributed by atoms with Gasteiger partial charge < -0.3 is 19.7 Å². The standard InChI is InChI=1S/2C8H14O3/c2*1-11-8(10)6-3-2-4-7(9)5-6/h2*6-7,9H,2-5H2,1H3/t2*6-,7+/m10/s1. The molecule has 0 aromatic carbocycles. The summed E-state index contributed by atoms with van der Waals surface area (Å²) in [5, 5.41) is 18.4. The molecule has 2 aliphatic carbocycles. The Morgan fingerprint density at radius 1 is 0.773 bits per heavy atom. The summed E-state index contributed by atoms with van der Waals surface area (Å²) in [7, 11) is 2.78. The van der Waals surface area contributed by atoms with Crippen molar-refractivity contribution in [3.8, 4) is 0 Å². The maximum Gasteiger partial charge on any atom is 0.308 e. The van der Waals surface area contributed by atoms with Gasteiger partial charge in [-0.3, -0.25) is 9.59 Å². The number of hydrogen-bond acceptors (Lipinski definition) is 6. The SMILES string of the molecule is COC(=O)[C@@H]1CCC[C@H](O)C1.COC(=O)[C@H]1CCC[C@@H](O)C1. The number of aliphatic hydroxyl groups excluding tert-OH is 2. The van der Waals surface area contributed by atoms with Crippen molar-refractivity contribution in [2.24, 2.45) is 11.8 Å². The lowest BCUT2D eigenvalue weighted by Gasteiger charge is -2.23. The van der Waals surface area contributed by atoms with Crippen molar-refractivity contribution in [2.45, 2.75) is 63.6 Å². The average molecular weight is 316 g/mol. The first-order valence-corrected chi connectivity index (χ1v) is 7.99. The molecule has 0 heterocycles. The highest BCUT2D eigenvalue weighted by molar-refractivity contribution is 5.72. The van der Waals surface area contributed by atoms with E-state index < -0.39 is 0 Å². The molecule has 2 fully saturated rings. The summed E-state index contributed by atoms with van der Waals surface area (Å²) < 4.78 is 9.18. The fourth-order valence-corrected chi connectivity index (χ4v) is 3.09. The Morgan fingerprint density at radius 3 is 1.41 bits per heavy atom. The summed E-state index contributed by atoms with van der Waals surface area (Å²) in [6, 6.07) is 0. The number of hydrogen-bond donors (Lipinski definition) is 2. The molecule has 2 rings (SSSR count). The summed E-state index contributed by atoms with van der Waals surface area (Å²) >= 11 is 0. The zero-order chi connectivity index (χ0) is 16.5. The third kappa shape index (κ3) is 6.32. The van der Waals surface area contributed by atoms with E-state index in [-0.39, 0.29) is 36.0 Å². The average Bonchev–Trinajstić information content (AvgIpc) is 2.54. The molecular weight excluding hydrogens is 288 g/mol. The number of esters is 2. The Balaban J connectivity index is 0.000000220. The number of aliphatic hydroxyl groups is 2. The molecule has 0 bridgehead atoms. The second kappa shape index (κ2) is 9.79. The number of methoxy groups -OCH3 is 2. The van der Waals surface area contributed by atoms with Gasteiger partial charge in [-0.25, -0.2) is 0 Å². The third-order valence-corrected chi connectivity index (χ3v) is 4.36. The molecule has 0 saturated heterocycles. The normalized spacial score (nSPS) is 31.5. The predicted molar refractivity (Wildman–Crippen MR) is 80.0 cm³/mol. The van der Waals surface area contributed by atoms with Crippen LogP contribution in [-0.4, -0.2) is 48.6 Å². The fraction of sp³-hybridized carbons (Fsp3) is 0.875. The minimum absolute atomic E-state index is 0.0660. The Kier molecular flexibility index (Phi) is 8.42. The van der Waals surface area contributed by atoms with Crippen LogP contribution in [0.25, 0.3) is 0 Å². The summed E-state index contributed by atoms with van der Waals surface area (Å²) in [6.07, 6.45) is 5.80. The second-order valence-corrected chi connectivity index (χ2v) is 6.08. The van der Waals surface area contributed by atoms with Gasteiger partial charge in [-0.05, 0) is 38.5 Å². The second-order valence-electron chi connectivity index (χ2n) is 6.08. The van der Waals surface area contributed by atoms with Gasteiger partial charge in [0.1, 0.15) is 0 Å². The Hall–Kier alpha value is -1.14. The first-order valence-electron chi connectivity index (χ1n) is 7.99. The highest BCUT2D eigenvalue weighted by Crippen LogP contribution is 2.25. The van der Waals surface area contributed by atoms with E-state index in [1.54, 1.807) is 0 Å². The van der Waals surface area contributed by atoms with Crippen molar-refractivity contribution < 1.29 is 29.3 Å². The van der Waals surface area contributed by atoms with Crippen molar-refractivity contribution >= 4 is 11.9 Å². The molecule has 22 heavy (non-hydrogen) atoms. The highest BCUT2D eigenvalue weighted by Gasteiger charge is 2.27. The van der Waals surface area contributed by atoms with Gasteiger partial charge >= 0.3 is 11.9 Å². The molecule has 0 aromatic rings. The molecule has 0 amide bonds. The van der Waals surface area contributed by atoms with Crippen LogP contribution in [0.4, 0.5) is 0 Å². The molecule has 128 valence electrons. The zero-order valence-electron chi connectivity index (χ0n) is 13.5. The largest absolute Gasteiger partial charge is 0.469 e. The first kappa shape index (κ1) is 18.9. The van der Waals surface area contributed by atoms with Crippen molar-refractivity contribution in [3.05, 3.63) is 0 Å². The van der Waals surface area contributed by atoms with Crippen LogP contribution >= 0.6 is 0 Å². The summed E-state index contributed by atoms with van der Waals surface area (Å²) in [5.74, 6) is -0.486. The van der Waals surface area contributed by atoms with E-state index in [4.69, 9.17) is 0 Å². The summed E-state index contributed by atoms with van der Waals surface area (Å²) in [6.45, 7) is 0. The van der Waals surface area contributed by atoms with Crippen molar-refractivity contribution in [2.75, 3.05) is 14.2 Å². The molecule has 0 aromatic heterocycles. The minimum Gasteiger partial charge on any atom is -0.469 e. The van der Waals surface area contributed by atoms with E-state index in [1.807, 2.05) is 0 Å². The van der Waals surface area contributed by atoms with Crippen LogP contribution in [0.5, 0.6) is 0 Å². The molecule has 4 atom stereocenters. The van der Waals surface area contributed by atoms with Crippen molar-refractivity contribution in [3.63, 3.8) is 0 Å². The van der Waals surface area contributed by atoms with Crippen LogP contribution < -0.4 is 0 Å². The monoisotopic (exact) mass is 316 g/mol. The van der Waals surface area contributed by atoms with Gasteiger partial charge in [0.25, 0.3) is 0 Å². The van der Waals surface area contributed by atoms with E-state index in [1.165, 1.54) is 14.2 Å². The quantitative estimate of drug-likeness (QED) is 0.749. The van der Waals surface area contributed by atoms with Crippen LogP contribution in [0.3, 0.4) is 0 Å². The molecule has 6 heteroatoms. The molecule has 0 aliphatic heterocycles. The first-order chi connectivity index (χ1) is 10.5. The Bertz CT molecular complexity index is 323. The molecule has 0 radical (unpaired) electrons. The van der Waals surface area contributed by atoms with E-state index in [2.05, 4.69) is 9.47 Å². The Morgan fingerprint density at radius 2 is 1.14 bits per heavy atom. The maximum atomic E-state index is 11.0. The van der Waals surface area contributed by atoms with E-state index in [9.17, 15) is 19.8 Å². The van der Waals surface area contributed by atoms with E-state index in [0.29, 0.717) is 12.8 Å². The third-order valence-electron chi connectivity index (χ3n) is 4.36. The van der Waals surface area contributed by atoms with Gasteiger partial charge in [0.15, 0.2) is 0 Å². The molecule has 0 spiro atoms. The smallest absolute Gasteiger partial charge is 0.308 e. The topological polar surface area (TPSA) is 93.1 Å². The molecule has 2 saturated carbocycles. The van der Waals surface area contributed by atoms with E-state index in [0.717, 1.165) is 38.5 Å². The van der Waals surface area contributed by atoms with Gasteiger partial charge in [0, 0.05) is 0 Å². The number of rotatable bonds is 2. The maximum absolute atomic E-state index is 11.0. The molecular formula is C16H28O6. The summed E-state index contributed by atoms with van der Waals surface area (Å²) in [5.41, 5.74) is 0. The predicted octanol–water partition coefficient (Wildman–Crippen LogP) is 1.42. The lowest BCUT2D eigenvalue weighted by Crippen LogP contribution is -2.26. The Labute approximate surface area is 131 Å². The molecule has 2 aliphatic rings.